The zero-order valence-electron chi connectivity index (χ0n) is 3.60. The second kappa shape index (κ2) is 1680. The van der Waals surface area contributed by atoms with Crippen LogP contribution in [0.1, 0.15) is 1.37 Å². The molecule has 4 heavy (non-hydrogen) atoms. The second-order valence-electron chi connectivity index (χ2n) is 0. The lowest BCUT2D eigenvalue weighted by atomic mass is 11.8. The van der Waals surface area contributed by atoms with E-state index < -0.39 is 7.09 Å². The van der Waals surface area contributed by atoms with Gasteiger partial charge in [0.25, 0.3) is 0 Å². The third kappa shape index (κ3) is 254. The molecule has 0 fully saturated rings. The maximum absolute atomic E-state index is 7.24. The van der Waals surface area contributed by atoms with Crippen LogP contribution in [0, 0.1) is 0 Å². The van der Waals surface area contributed by atoms with Crippen LogP contribution in [0.3, 0.4) is 0 Å². The quantitative estimate of drug-likeness (QED) is 0.388. The predicted octanol–water partition coefficient (Wildman–Crippen LogP) is -0.783. The Morgan fingerprint density at radius 3 is 1.50 bits per heavy atom. The first kappa shape index (κ1) is 3.92. The summed E-state index contributed by atoms with van der Waals surface area (Å²) in [6.07, 6.45) is 0. The zero-order chi connectivity index (χ0) is 4.71. The largest absolute Gasteiger partial charge is 0.400 e. The molecule has 0 saturated heterocycles. The molecular weight excluding hydrogens is 56.0 g/mol. The van der Waals surface area contributed by atoms with Gasteiger partial charge in [0.15, 0.2) is 0 Å². The lowest BCUT2D eigenvalue weighted by Gasteiger charge is -1.21. The van der Waals surface area contributed by atoms with Crippen molar-refractivity contribution in [3.8, 4) is 0 Å². The molecule has 2 N–H and O–H groups in total. The first-order valence-electron chi connectivity index (χ1n) is 1.47. The molecule has 0 rings (SSSR count). The highest BCUT2D eigenvalue weighted by Gasteiger charge is 0.841. The highest BCUT2D eigenvalue weighted by molar-refractivity contribution is 3.18. The zero-order valence-corrected chi connectivity index (χ0v) is 2.60. The maximum Gasteiger partial charge on any atom is 0.0527 e. The van der Waals surface area contributed by atoms with Crippen LogP contribution in [-0.4, -0.2) is 24.4 Å². The Morgan fingerprint density at radius 1 is 1.50 bits per heavy atom. The van der Waals surface area contributed by atoms with Crippen LogP contribution in [-0.2, 0) is 0 Å². The molecule has 0 aromatic heterocycles. The summed E-state index contributed by atoms with van der Waals surface area (Å²) in [6, 6.07) is 0. The molecule has 0 aromatic carbocycles. The van der Waals surface area contributed by atoms with Crippen LogP contribution in [0.25, 0.3) is 0 Å². The summed E-state index contributed by atoms with van der Waals surface area (Å²) in [6.45, 7) is 0. The molecular formula is C2H8O2. The van der Waals surface area contributed by atoms with Crippen LogP contribution in [0.4, 0.5) is 0 Å². The van der Waals surface area contributed by atoms with Gasteiger partial charge in [0.05, 0.1) is 1.37 Å². The molecule has 0 aliphatic rings. The van der Waals surface area contributed by atoms with Crippen molar-refractivity contribution >= 4 is 0 Å². The van der Waals surface area contributed by atoms with Gasteiger partial charge in [-0.1, -0.05) is 0 Å². The number of aliphatic hydroxyl groups is 2. The van der Waals surface area contributed by atoms with E-state index in [0.717, 1.165) is 7.11 Å². The van der Waals surface area contributed by atoms with Crippen LogP contribution in [0.15, 0.2) is 0 Å². The van der Waals surface area contributed by atoms with Crippen LogP contribution >= 0.6 is 0 Å². The van der Waals surface area contributed by atoms with Gasteiger partial charge < -0.3 is 10.2 Å². The molecule has 28 valence electrons. The van der Waals surface area contributed by atoms with Gasteiger partial charge >= 0.3 is 0 Å². The fourth-order valence-corrected chi connectivity index (χ4v) is 0. The fourth-order valence-electron chi connectivity index (χ4n) is 0. The molecule has 0 amide bonds. The normalized spacial score (nSPS) is 6.25. The summed E-state index contributed by atoms with van der Waals surface area (Å²) in [5.41, 5.74) is 0. The predicted molar refractivity (Wildman–Crippen MR) is 16.3 cm³/mol. The van der Waals surface area contributed by atoms with E-state index in [1.165, 1.54) is 0 Å². The first-order chi connectivity index (χ1) is 2.41. The Bertz CT molecular complexity index is 7.61. The Balaban J connectivity index is 0. The monoisotopic (exact) mass is 65.1 g/mol. The van der Waals surface area contributed by atoms with Gasteiger partial charge in [0, 0.05) is 14.2 Å². The Labute approximate surface area is 27.1 Å². The van der Waals surface area contributed by atoms with Gasteiger partial charge in [-0.15, -0.1) is 0 Å². The maximum atomic E-state index is 7.24. The van der Waals surface area contributed by atoms with E-state index in [1.807, 2.05) is 0 Å². The highest BCUT2D eigenvalue weighted by atomic mass is 16.2. The fraction of sp³-hybridized carbons (Fsp3) is 1.00. The Kier molecular flexibility index (Phi) is 1650. The van der Waals surface area contributed by atoms with Crippen molar-refractivity contribution in [2.45, 2.75) is 0 Å². The summed E-state index contributed by atoms with van der Waals surface area (Å²) >= 11 is 0. The third-order valence-electron chi connectivity index (χ3n) is 0. The summed E-state index contributed by atoms with van der Waals surface area (Å²) in [5, 5.41) is 14.2. The minimum atomic E-state index is -0.500. The Morgan fingerprint density at radius 2 is 1.50 bits per heavy atom. The second-order valence-corrected chi connectivity index (χ2v) is 0. The molecule has 0 bridgehead atoms. The molecule has 0 radical (unpaired) electrons. The molecule has 0 aromatic rings. The van der Waals surface area contributed by atoms with Crippen molar-refractivity contribution in [2.24, 2.45) is 0 Å². The van der Waals surface area contributed by atoms with E-state index in [0.29, 0.717) is 0 Å². The van der Waals surface area contributed by atoms with Gasteiger partial charge in [-0.2, -0.15) is 0 Å². The SMILES string of the molecule is CO.[2H]CO. The molecule has 0 saturated carbocycles. The highest BCUT2D eigenvalue weighted by Crippen LogP contribution is 0.757. The van der Waals surface area contributed by atoms with E-state index in [4.69, 9.17) is 11.6 Å². The van der Waals surface area contributed by atoms with Gasteiger partial charge in [-0.05, 0) is 0 Å². The van der Waals surface area contributed by atoms with Crippen LogP contribution < -0.4 is 0 Å². The van der Waals surface area contributed by atoms with E-state index in [9.17, 15) is 0 Å². The number of aliphatic hydroxyl groups excluding tert-OH is 2. The van der Waals surface area contributed by atoms with Gasteiger partial charge in [0.2, 0.25) is 0 Å². The average molecular weight is 65.1 g/mol. The summed E-state index contributed by atoms with van der Waals surface area (Å²) in [7, 11) is 0.500. The average Bonchev–Trinajstić information content (AvgIpc) is 1.46. The minimum Gasteiger partial charge on any atom is -0.400 e. The molecule has 0 unspecified atom stereocenters. The van der Waals surface area contributed by atoms with Crippen molar-refractivity contribution < 1.29 is 11.6 Å². The smallest absolute Gasteiger partial charge is 0.0527 e. The molecule has 2 heteroatoms. The summed E-state index contributed by atoms with van der Waals surface area (Å²) in [4.78, 5) is 0. The van der Waals surface area contributed by atoms with Crippen molar-refractivity contribution in [3.63, 3.8) is 0 Å². The molecule has 2 nitrogen and oxygen atoms in total. The lowest BCUT2D eigenvalue weighted by Crippen LogP contribution is -1.25. The number of hydrogen-bond acceptors (Lipinski definition) is 2. The van der Waals surface area contributed by atoms with Gasteiger partial charge in [0.1, 0.15) is 0 Å². The van der Waals surface area contributed by atoms with Crippen molar-refractivity contribution in [1.82, 2.24) is 0 Å². The summed E-state index contributed by atoms with van der Waals surface area (Å²) in [5.74, 6) is 0. The van der Waals surface area contributed by atoms with E-state index in [2.05, 4.69) is 0 Å². The molecule has 0 atom stereocenters. The van der Waals surface area contributed by atoms with Crippen molar-refractivity contribution in [3.05, 3.63) is 0 Å². The van der Waals surface area contributed by atoms with Gasteiger partial charge in [-0.3, -0.25) is 0 Å². The van der Waals surface area contributed by atoms with E-state index >= 15 is 0 Å². The van der Waals surface area contributed by atoms with Crippen LogP contribution in [0.5, 0.6) is 0 Å². The van der Waals surface area contributed by atoms with Crippen LogP contribution in [0.2, 0.25) is 0 Å². The van der Waals surface area contributed by atoms with Crippen molar-refractivity contribution in [1.29, 1.82) is 0 Å². The van der Waals surface area contributed by atoms with Crippen molar-refractivity contribution in [2.75, 3.05) is 14.2 Å². The van der Waals surface area contributed by atoms with E-state index in [1.54, 1.807) is 0 Å². The molecule has 0 heterocycles. The van der Waals surface area contributed by atoms with Gasteiger partial charge in [-0.25, -0.2) is 0 Å². The number of hydrogen-bond donors (Lipinski definition) is 2. The minimum absolute atomic E-state index is 0.500. The molecule has 0 aliphatic carbocycles. The molecule has 0 aliphatic heterocycles. The molecule has 0 spiro atoms. The summed E-state index contributed by atoms with van der Waals surface area (Å²) < 4.78 is 5.76. The third-order valence-corrected chi connectivity index (χ3v) is 0. The number of rotatable bonds is 0. The Hall–Kier alpha value is -0.0800. The topological polar surface area (TPSA) is 40.5 Å². The first-order valence-corrected chi connectivity index (χ1v) is 0.763. The van der Waals surface area contributed by atoms with E-state index in [-0.39, 0.29) is 0 Å². The lowest BCUT2D eigenvalue weighted by molar-refractivity contribution is 0.399. The standard InChI is InChI=1S/2CH4O/c2*1-2/h2*2H,1H3/i1D;.